The lowest BCUT2D eigenvalue weighted by Crippen LogP contribution is -2.38. The smallest absolute Gasteiger partial charge is 0.422 e. The van der Waals surface area contributed by atoms with E-state index in [-0.39, 0.29) is 46.5 Å². The van der Waals surface area contributed by atoms with Gasteiger partial charge in [-0.1, -0.05) is 69.6 Å². The third-order valence-corrected chi connectivity index (χ3v) is 5.09. The monoisotopic (exact) mass is 539 g/mol. The molecule has 1 aliphatic heterocycles. The Kier molecular flexibility index (Phi) is 7.86. The van der Waals surface area contributed by atoms with E-state index in [2.05, 4.69) is 4.98 Å². The van der Waals surface area contributed by atoms with Gasteiger partial charge in [-0.05, 0) is 18.9 Å². The van der Waals surface area contributed by atoms with Crippen LogP contribution in [0.4, 0.5) is 21.1 Å². The number of aromatic nitrogens is 1. The molecule has 3 amide bonds. The second-order valence-electron chi connectivity index (χ2n) is 6.57. The molecule has 14 heteroatoms. The summed E-state index contributed by atoms with van der Waals surface area (Å²) in [7, 11) is 0. The zero-order valence-corrected chi connectivity index (χ0v) is 19.7. The number of carboxylic acid groups (broad SMARTS) is 2. The Morgan fingerprint density at radius 3 is 2.07 bits per heavy atom. The highest BCUT2D eigenvalue weighted by Crippen LogP contribution is 2.44. The number of halogens is 6. The molecule has 2 N–H and O–H groups in total. The largest absolute Gasteiger partial charge is 0.464 e. The van der Waals surface area contributed by atoms with Crippen LogP contribution in [-0.4, -0.2) is 46.9 Å². The van der Waals surface area contributed by atoms with Crippen molar-refractivity contribution in [3.63, 3.8) is 0 Å². The number of nitrogens with zero attached hydrogens (tertiary/aromatic N) is 3. The van der Waals surface area contributed by atoms with Crippen molar-refractivity contribution in [3.05, 3.63) is 17.3 Å². The summed E-state index contributed by atoms with van der Waals surface area (Å²) in [6.07, 6.45) is -2.49. The molecule has 1 atom stereocenters. The van der Waals surface area contributed by atoms with Crippen LogP contribution in [-0.2, 0) is 17.6 Å². The van der Waals surface area contributed by atoms with Gasteiger partial charge in [0.05, 0.1) is 5.69 Å². The van der Waals surface area contributed by atoms with Crippen molar-refractivity contribution in [1.29, 1.82) is 0 Å². The molecule has 1 aliphatic rings. The summed E-state index contributed by atoms with van der Waals surface area (Å²) >= 11 is 35.6. The maximum absolute atomic E-state index is 12.6. The molecule has 2 rings (SSSR count). The van der Waals surface area contributed by atoms with Crippen LogP contribution in [0.15, 0.2) is 6.20 Å². The van der Waals surface area contributed by atoms with Gasteiger partial charge in [0, 0.05) is 37.1 Å². The average molecular weight is 542 g/mol. The Morgan fingerprint density at radius 1 is 1.13 bits per heavy atom. The number of anilines is 2. The molecule has 0 radical (unpaired) electrons. The minimum Gasteiger partial charge on any atom is -0.464 e. The molecule has 1 saturated heterocycles. The normalized spacial score (nSPS) is 17.4. The standard InChI is InChI=1S/C16H15Cl6N3O5/c1-7-2-3-10(26)24(7)11-8(4-15(17,18)19)6-23-12(9(11)5-16(20,21)22)25(13(27)28)14(29)30/h6-7H,2-5H2,1H3,(H,27,28)(H,29,30). The van der Waals surface area contributed by atoms with Gasteiger partial charge in [0.2, 0.25) is 5.91 Å². The lowest BCUT2D eigenvalue weighted by Gasteiger charge is -2.31. The predicted molar refractivity (Wildman–Crippen MR) is 117 cm³/mol. The first-order chi connectivity index (χ1) is 13.6. The summed E-state index contributed by atoms with van der Waals surface area (Å²) in [5.41, 5.74) is 0.273. The fourth-order valence-corrected chi connectivity index (χ4v) is 4.05. The predicted octanol–water partition coefficient (Wildman–Crippen LogP) is 5.58. The van der Waals surface area contributed by atoms with Crippen LogP contribution in [0.2, 0.25) is 0 Å². The summed E-state index contributed by atoms with van der Waals surface area (Å²) in [6, 6.07) is -0.320. The molecule has 0 aliphatic carbocycles. The van der Waals surface area contributed by atoms with Gasteiger partial charge >= 0.3 is 12.2 Å². The van der Waals surface area contributed by atoms with Crippen molar-refractivity contribution in [2.45, 2.75) is 46.2 Å². The van der Waals surface area contributed by atoms with Crippen LogP contribution in [0.5, 0.6) is 0 Å². The number of hydrogen-bond acceptors (Lipinski definition) is 4. The highest BCUT2D eigenvalue weighted by atomic mass is 35.6. The fraction of sp³-hybridized carbons (Fsp3) is 0.500. The SMILES string of the molecule is CC1CCC(=O)N1c1c(CC(Cl)(Cl)Cl)cnc(N(C(=O)O)C(=O)O)c1CC(Cl)(Cl)Cl. The van der Waals surface area contributed by atoms with E-state index in [0.29, 0.717) is 6.42 Å². The minimum absolute atomic E-state index is 0.0282. The highest BCUT2D eigenvalue weighted by Gasteiger charge is 2.39. The zero-order valence-electron chi connectivity index (χ0n) is 15.2. The molecule has 1 aromatic rings. The Bertz CT molecular complexity index is 856. The van der Waals surface area contributed by atoms with Crippen molar-refractivity contribution in [2.24, 2.45) is 0 Å². The first-order valence-corrected chi connectivity index (χ1v) is 10.6. The van der Waals surface area contributed by atoms with Gasteiger partial charge in [-0.15, -0.1) is 0 Å². The van der Waals surface area contributed by atoms with Crippen LogP contribution in [0.1, 0.15) is 30.9 Å². The molecule has 8 nitrogen and oxygen atoms in total. The number of carbonyl (C=O) groups excluding carboxylic acids is 1. The quantitative estimate of drug-likeness (QED) is 0.481. The molecule has 1 aromatic heterocycles. The van der Waals surface area contributed by atoms with E-state index in [1.54, 1.807) is 6.92 Å². The molecule has 2 heterocycles. The van der Waals surface area contributed by atoms with Gasteiger partial charge in [0.15, 0.2) is 13.4 Å². The molecule has 166 valence electrons. The average Bonchev–Trinajstić information content (AvgIpc) is 2.85. The third-order valence-electron chi connectivity index (χ3n) is 4.29. The van der Waals surface area contributed by atoms with E-state index in [1.165, 1.54) is 4.90 Å². The minimum atomic E-state index is -1.97. The van der Waals surface area contributed by atoms with Crippen molar-refractivity contribution in [1.82, 2.24) is 4.98 Å². The number of pyridine rings is 1. The summed E-state index contributed by atoms with van der Waals surface area (Å²) < 4.78 is -3.76. The lowest BCUT2D eigenvalue weighted by atomic mass is 10.0. The maximum atomic E-state index is 12.6. The highest BCUT2D eigenvalue weighted by molar-refractivity contribution is 6.68. The summed E-state index contributed by atoms with van der Waals surface area (Å²) in [5.74, 6) is -0.829. The topological polar surface area (TPSA) is 111 Å². The van der Waals surface area contributed by atoms with Crippen LogP contribution in [0.25, 0.3) is 0 Å². The van der Waals surface area contributed by atoms with Crippen molar-refractivity contribution >= 4 is 99.2 Å². The van der Waals surface area contributed by atoms with Gasteiger partial charge in [0.25, 0.3) is 0 Å². The number of imide groups is 1. The number of amides is 3. The first-order valence-electron chi connectivity index (χ1n) is 8.34. The van der Waals surface area contributed by atoms with E-state index in [0.717, 1.165) is 6.20 Å². The molecule has 1 unspecified atom stereocenters. The maximum Gasteiger partial charge on any atom is 0.422 e. The molecule has 30 heavy (non-hydrogen) atoms. The van der Waals surface area contributed by atoms with E-state index in [9.17, 15) is 24.6 Å². The Hall–Kier alpha value is -0.900. The Balaban J connectivity index is 2.89. The van der Waals surface area contributed by atoms with Gasteiger partial charge in [-0.25, -0.2) is 14.6 Å². The number of rotatable bonds is 4. The van der Waals surface area contributed by atoms with E-state index < -0.39 is 32.0 Å². The third kappa shape index (κ3) is 6.08. The summed E-state index contributed by atoms with van der Waals surface area (Å²) in [5, 5.41) is 18.8. The van der Waals surface area contributed by atoms with Crippen molar-refractivity contribution in [3.8, 4) is 0 Å². The molecular formula is C16H15Cl6N3O5. The summed E-state index contributed by atoms with van der Waals surface area (Å²) in [4.78, 5) is 41.1. The van der Waals surface area contributed by atoms with Gasteiger partial charge in [0.1, 0.15) is 0 Å². The van der Waals surface area contributed by atoms with E-state index in [1.807, 2.05) is 0 Å². The second kappa shape index (κ2) is 9.30. The molecule has 1 fully saturated rings. The summed E-state index contributed by atoms with van der Waals surface area (Å²) in [6.45, 7) is 1.76. The zero-order chi connectivity index (χ0) is 23.0. The first kappa shape index (κ1) is 25.4. The second-order valence-corrected chi connectivity index (χ2v) is 11.6. The van der Waals surface area contributed by atoms with Crippen LogP contribution >= 0.6 is 69.6 Å². The van der Waals surface area contributed by atoms with Crippen molar-refractivity contribution < 1.29 is 24.6 Å². The Labute approximate surface area is 201 Å². The van der Waals surface area contributed by atoms with Crippen LogP contribution in [0.3, 0.4) is 0 Å². The molecule has 0 spiro atoms. The lowest BCUT2D eigenvalue weighted by molar-refractivity contribution is -0.117. The number of hydrogen-bond donors (Lipinski definition) is 2. The number of carbonyl (C=O) groups is 3. The van der Waals surface area contributed by atoms with Gasteiger partial charge < -0.3 is 15.1 Å². The van der Waals surface area contributed by atoms with Gasteiger partial charge in [-0.3, -0.25) is 4.79 Å². The van der Waals surface area contributed by atoms with E-state index >= 15 is 0 Å². The molecule has 0 aromatic carbocycles. The van der Waals surface area contributed by atoms with Crippen LogP contribution < -0.4 is 9.80 Å². The molecule has 0 bridgehead atoms. The Morgan fingerprint density at radius 2 is 1.67 bits per heavy atom. The molecular weight excluding hydrogens is 527 g/mol. The van der Waals surface area contributed by atoms with Crippen molar-refractivity contribution in [2.75, 3.05) is 9.80 Å². The van der Waals surface area contributed by atoms with Crippen LogP contribution in [0, 0.1) is 0 Å². The number of alkyl halides is 6. The molecule has 0 saturated carbocycles. The van der Waals surface area contributed by atoms with E-state index in [4.69, 9.17) is 69.6 Å². The van der Waals surface area contributed by atoms with Gasteiger partial charge in [-0.2, -0.15) is 4.90 Å². The fourth-order valence-electron chi connectivity index (χ4n) is 3.21.